The number of halogens is 1. The van der Waals surface area contributed by atoms with E-state index >= 15 is 0 Å². The molecule has 0 spiro atoms. The average Bonchev–Trinajstić information content (AvgIpc) is 2.20. The normalized spacial score (nSPS) is 9.43. The Morgan fingerprint density at radius 2 is 1.50 bits per heavy atom. The zero-order valence-corrected chi connectivity index (χ0v) is 8.84. The number of hydrogen-bond acceptors (Lipinski definition) is 0. The largest absolute Gasteiger partial charge is 0.207 e. The van der Waals surface area contributed by atoms with Gasteiger partial charge in [-0.3, -0.25) is 0 Å². The van der Waals surface area contributed by atoms with Gasteiger partial charge < -0.3 is 0 Å². The fraction of sp³-hybridized carbons (Fsp3) is 0.231. The zero-order valence-electron chi connectivity index (χ0n) is 8.84. The van der Waals surface area contributed by atoms with E-state index in [1.54, 1.807) is 12.1 Å². The third-order valence-corrected chi connectivity index (χ3v) is 1.96. The molecule has 0 radical (unpaired) electrons. The van der Waals surface area contributed by atoms with Crippen LogP contribution in [0.25, 0.3) is 10.8 Å². The summed E-state index contributed by atoms with van der Waals surface area (Å²) in [4.78, 5) is 0. The second kappa shape index (κ2) is 4.75. The molecule has 2 aromatic rings. The van der Waals surface area contributed by atoms with Crippen LogP contribution in [0.2, 0.25) is 0 Å². The van der Waals surface area contributed by atoms with Crippen molar-refractivity contribution < 1.29 is 4.39 Å². The third kappa shape index (κ3) is 2.32. The van der Waals surface area contributed by atoms with E-state index < -0.39 is 0 Å². The molecule has 0 unspecified atom stereocenters. The summed E-state index contributed by atoms with van der Waals surface area (Å²) in [5.74, 6) is -0.173. The fourth-order valence-electron chi connectivity index (χ4n) is 1.34. The lowest BCUT2D eigenvalue weighted by Crippen LogP contribution is -1.77. The molecular weight excluding hydrogens is 175 g/mol. The monoisotopic (exact) mass is 190 g/mol. The second-order valence-corrected chi connectivity index (χ2v) is 2.99. The predicted molar refractivity (Wildman–Crippen MR) is 60.0 cm³/mol. The summed E-state index contributed by atoms with van der Waals surface area (Å²) in [6.45, 7) is 6.00. The van der Waals surface area contributed by atoms with Gasteiger partial charge in [0.15, 0.2) is 0 Å². The number of benzene rings is 2. The molecule has 0 saturated heterocycles. The minimum absolute atomic E-state index is 0.173. The van der Waals surface area contributed by atoms with Gasteiger partial charge in [-0.1, -0.05) is 43.7 Å². The molecule has 2 rings (SSSR count). The summed E-state index contributed by atoms with van der Waals surface area (Å²) in [6.07, 6.45) is 0. The van der Waals surface area contributed by atoms with Gasteiger partial charge in [-0.2, -0.15) is 0 Å². The van der Waals surface area contributed by atoms with Crippen LogP contribution >= 0.6 is 0 Å². The summed E-state index contributed by atoms with van der Waals surface area (Å²) >= 11 is 0. The summed E-state index contributed by atoms with van der Waals surface area (Å²) in [6, 6.07) is 10.9. The van der Waals surface area contributed by atoms with Crippen LogP contribution < -0.4 is 0 Å². The van der Waals surface area contributed by atoms with Crippen molar-refractivity contribution in [1.29, 1.82) is 0 Å². The molecule has 0 nitrogen and oxygen atoms in total. The Morgan fingerprint density at radius 1 is 0.857 bits per heavy atom. The molecule has 1 heteroatoms. The Balaban J connectivity index is 0.000000461. The Morgan fingerprint density at radius 3 is 2.21 bits per heavy atom. The van der Waals surface area contributed by atoms with Gasteiger partial charge in [-0.05, 0) is 29.8 Å². The van der Waals surface area contributed by atoms with E-state index in [4.69, 9.17) is 0 Å². The number of fused-ring (bicyclic) bond motifs is 1. The van der Waals surface area contributed by atoms with E-state index in [9.17, 15) is 4.39 Å². The molecule has 0 N–H and O–H groups in total. The van der Waals surface area contributed by atoms with Crippen molar-refractivity contribution in [2.45, 2.75) is 20.8 Å². The molecule has 0 aromatic heterocycles. The van der Waals surface area contributed by atoms with Gasteiger partial charge in [-0.25, -0.2) is 4.39 Å². The van der Waals surface area contributed by atoms with Crippen molar-refractivity contribution in [2.75, 3.05) is 0 Å². The van der Waals surface area contributed by atoms with Gasteiger partial charge in [-0.15, -0.1) is 0 Å². The molecule has 74 valence electrons. The van der Waals surface area contributed by atoms with Gasteiger partial charge >= 0.3 is 0 Å². The first-order valence-corrected chi connectivity index (χ1v) is 4.92. The summed E-state index contributed by atoms with van der Waals surface area (Å²) in [5.41, 5.74) is 1.16. The van der Waals surface area contributed by atoms with E-state index in [0.717, 1.165) is 16.3 Å². The van der Waals surface area contributed by atoms with Crippen molar-refractivity contribution in [1.82, 2.24) is 0 Å². The lowest BCUT2D eigenvalue weighted by Gasteiger charge is -1.98. The highest BCUT2D eigenvalue weighted by molar-refractivity contribution is 5.83. The predicted octanol–water partition coefficient (Wildman–Crippen LogP) is 4.31. The number of rotatable bonds is 0. The lowest BCUT2D eigenvalue weighted by atomic mass is 10.1. The van der Waals surface area contributed by atoms with Crippen molar-refractivity contribution in [3.05, 3.63) is 47.8 Å². The van der Waals surface area contributed by atoms with Gasteiger partial charge in [0.05, 0.1) is 0 Å². The minimum Gasteiger partial charge on any atom is -0.207 e. The smallest absolute Gasteiger partial charge is 0.123 e. The highest BCUT2D eigenvalue weighted by Gasteiger charge is 1.94. The standard InChI is InChI=1S/C11H9F.C2H6/c1-8-2-3-9-4-5-11(12)7-10(9)6-8;1-2/h2-7H,1H3;1-2H3. The van der Waals surface area contributed by atoms with Gasteiger partial charge in [0.25, 0.3) is 0 Å². The lowest BCUT2D eigenvalue weighted by molar-refractivity contribution is 0.630. The maximum absolute atomic E-state index is 12.8. The van der Waals surface area contributed by atoms with E-state index in [-0.39, 0.29) is 5.82 Å². The molecule has 0 aliphatic heterocycles. The van der Waals surface area contributed by atoms with Gasteiger partial charge in [0.1, 0.15) is 5.82 Å². The SMILES string of the molecule is CC.Cc1ccc2ccc(F)cc2c1. The number of aryl methyl sites for hydroxylation is 1. The fourth-order valence-corrected chi connectivity index (χ4v) is 1.34. The Bertz CT molecular complexity index is 382. The van der Waals surface area contributed by atoms with Crippen LogP contribution in [0.4, 0.5) is 4.39 Å². The zero-order chi connectivity index (χ0) is 10.6. The van der Waals surface area contributed by atoms with Crippen LogP contribution in [0.5, 0.6) is 0 Å². The molecule has 0 atom stereocenters. The first-order valence-electron chi connectivity index (χ1n) is 4.92. The van der Waals surface area contributed by atoms with Crippen molar-refractivity contribution in [3.8, 4) is 0 Å². The maximum Gasteiger partial charge on any atom is 0.123 e. The molecule has 0 heterocycles. The minimum atomic E-state index is -0.173. The molecule has 14 heavy (non-hydrogen) atoms. The second-order valence-electron chi connectivity index (χ2n) is 2.99. The Kier molecular flexibility index (Phi) is 3.63. The topological polar surface area (TPSA) is 0 Å². The van der Waals surface area contributed by atoms with Crippen LogP contribution in [0, 0.1) is 12.7 Å². The molecule has 0 fully saturated rings. The van der Waals surface area contributed by atoms with Crippen LogP contribution in [0.15, 0.2) is 36.4 Å². The van der Waals surface area contributed by atoms with E-state index in [1.807, 2.05) is 39.0 Å². The summed E-state index contributed by atoms with van der Waals surface area (Å²) in [5, 5.41) is 2.05. The highest BCUT2D eigenvalue weighted by atomic mass is 19.1. The highest BCUT2D eigenvalue weighted by Crippen LogP contribution is 2.16. The Labute approximate surface area is 84.4 Å². The van der Waals surface area contributed by atoms with E-state index in [1.165, 1.54) is 6.07 Å². The molecule has 0 bridgehead atoms. The van der Waals surface area contributed by atoms with Crippen LogP contribution in [0.1, 0.15) is 19.4 Å². The Hall–Kier alpha value is -1.37. The van der Waals surface area contributed by atoms with Crippen LogP contribution in [0.3, 0.4) is 0 Å². The third-order valence-electron chi connectivity index (χ3n) is 1.96. The summed E-state index contributed by atoms with van der Waals surface area (Å²) < 4.78 is 12.8. The molecule has 0 saturated carbocycles. The van der Waals surface area contributed by atoms with E-state index in [2.05, 4.69) is 0 Å². The van der Waals surface area contributed by atoms with Crippen LogP contribution in [-0.2, 0) is 0 Å². The number of hydrogen-bond donors (Lipinski definition) is 0. The molecule has 0 aliphatic carbocycles. The van der Waals surface area contributed by atoms with Gasteiger partial charge in [0, 0.05) is 0 Å². The van der Waals surface area contributed by atoms with E-state index in [0.29, 0.717) is 0 Å². The first-order chi connectivity index (χ1) is 6.75. The maximum atomic E-state index is 12.8. The average molecular weight is 190 g/mol. The van der Waals surface area contributed by atoms with Crippen molar-refractivity contribution in [2.24, 2.45) is 0 Å². The van der Waals surface area contributed by atoms with Crippen molar-refractivity contribution in [3.63, 3.8) is 0 Å². The quantitative estimate of drug-likeness (QED) is 0.580. The summed E-state index contributed by atoms with van der Waals surface area (Å²) in [7, 11) is 0. The molecular formula is C13H15F. The van der Waals surface area contributed by atoms with Crippen molar-refractivity contribution >= 4 is 10.8 Å². The van der Waals surface area contributed by atoms with Gasteiger partial charge in [0.2, 0.25) is 0 Å². The molecule has 2 aromatic carbocycles. The van der Waals surface area contributed by atoms with Crippen LogP contribution in [-0.4, -0.2) is 0 Å². The first kappa shape index (κ1) is 10.7. The molecule has 0 aliphatic rings. The molecule has 0 amide bonds.